The van der Waals surface area contributed by atoms with Crippen molar-refractivity contribution in [1.82, 2.24) is 9.55 Å². The third kappa shape index (κ3) is 4.04. The zero-order valence-electron chi connectivity index (χ0n) is 12.0. The van der Waals surface area contributed by atoms with E-state index in [-0.39, 0.29) is 5.56 Å². The molecule has 4 N–H and O–H groups in total. The molecule has 0 amide bonds. The molecule has 9 nitrogen and oxygen atoms in total. The van der Waals surface area contributed by atoms with Crippen LogP contribution < -0.4 is 11.2 Å². The fourth-order valence-corrected chi connectivity index (χ4v) is 2.67. The molecule has 0 spiro atoms. The number of hydrogen-bond acceptors (Lipinski definition) is 5. The summed E-state index contributed by atoms with van der Waals surface area (Å²) < 4.78 is 30.3. The Balaban J connectivity index is 2.27. The minimum Gasteiger partial charge on any atom is -0.389 e. The van der Waals surface area contributed by atoms with Crippen LogP contribution in [0.2, 0.25) is 0 Å². The van der Waals surface area contributed by atoms with Gasteiger partial charge in [-0.25, -0.2) is 13.8 Å². The topological polar surface area (TPSA) is 142 Å². The van der Waals surface area contributed by atoms with Gasteiger partial charge in [0, 0.05) is 17.7 Å². The highest BCUT2D eigenvalue weighted by molar-refractivity contribution is 7.46. The van der Waals surface area contributed by atoms with E-state index in [1.807, 2.05) is 4.98 Å². The average Bonchev–Trinajstić information content (AvgIpc) is 2.44. The molecule has 128 valence electrons. The number of alkyl halides is 1. The number of aromatic amines is 1. The first kappa shape index (κ1) is 17.8. The molecule has 2 rings (SSSR count). The monoisotopic (exact) mass is 350 g/mol. The average molecular weight is 350 g/mol. The van der Waals surface area contributed by atoms with Gasteiger partial charge in [0.05, 0.1) is 18.8 Å². The van der Waals surface area contributed by atoms with Crippen LogP contribution in [-0.4, -0.2) is 43.3 Å². The lowest BCUT2D eigenvalue weighted by Crippen LogP contribution is -2.44. The van der Waals surface area contributed by atoms with Gasteiger partial charge in [0.15, 0.2) is 6.17 Å². The van der Waals surface area contributed by atoms with Gasteiger partial charge in [0.25, 0.3) is 5.56 Å². The van der Waals surface area contributed by atoms with Gasteiger partial charge in [-0.15, -0.1) is 0 Å². The Hall–Kier alpha value is -1.58. The molecule has 0 aliphatic heterocycles. The lowest BCUT2D eigenvalue weighted by atomic mass is 9.88. The normalized spacial score (nSPS) is 28.0. The van der Waals surface area contributed by atoms with E-state index in [1.165, 1.54) is 25.3 Å². The summed E-state index contributed by atoms with van der Waals surface area (Å²) in [6, 6.07) is -1.15. The van der Waals surface area contributed by atoms with E-state index in [0.29, 0.717) is 0 Å². The zero-order chi connectivity index (χ0) is 17.4. The molecule has 0 unspecified atom stereocenters. The fourth-order valence-electron chi connectivity index (χ4n) is 2.31. The molecule has 11 heteroatoms. The molecule has 1 aliphatic rings. The molecule has 1 aliphatic carbocycles. The van der Waals surface area contributed by atoms with E-state index >= 15 is 0 Å². The number of phosphoric ester groups is 1. The molecule has 0 fully saturated rings. The molecule has 1 aromatic heterocycles. The highest BCUT2D eigenvalue weighted by atomic mass is 31.2. The number of aliphatic hydroxyl groups excluding tert-OH is 1. The number of rotatable bonds is 4. The number of nitrogens with zero attached hydrogens (tertiary/aromatic N) is 1. The first-order valence-corrected chi connectivity index (χ1v) is 8.16. The third-order valence-corrected chi connectivity index (χ3v) is 4.03. The van der Waals surface area contributed by atoms with Crippen molar-refractivity contribution in [1.29, 1.82) is 0 Å². The molecule has 23 heavy (non-hydrogen) atoms. The van der Waals surface area contributed by atoms with E-state index in [4.69, 9.17) is 9.79 Å². The van der Waals surface area contributed by atoms with Crippen molar-refractivity contribution < 1.29 is 28.4 Å². The number of phosphoric acid groups is 1. The maximum Gasteiger partial charge on any atom is 0.469 e. The highest BCUT2D eigenvalue weighted by Crippen LogP contribution is 2.38. The van der Waals surface area contributed by atoms with E-state index in [1.54, 1.807) is 0 Å². The van der Waals surface area contributed by atoms with Crippen molar-refractivity contribution in [3.63, 3.8) is 0 Å². The number of hydrogen-bond donors (Lipinski definition) is 4. The highest BCUT2D eigenvalue weighted by Gasteiger charge is 2.37. The zero-order valence-corrected chi connectivity index (χ0v) is 12.9. The summed E-state index contributed by atoms with van der Waals surface area (Å²) in [5.74, 6) is -0.978. The summed E-state index contributed by atoms with van der Waals surface area (Å²) in [4.78, 5) is 42.4. The molecule has 1 heterocycles. The molecule has 0 saturated carbocycles. The minimum atomic E-state index is -4.73. The Bertz CT molecular complexity index is 767. The summed E-state index contributed by atoms with van der Waals surface area (Å²) in [5.41, 5.74) is -1.21. The second-order valence-electron chi connectivity index (χ2n) is 5.24. The van der Waals surface area contributed by atoms with Gasteiger partial charge >= 0.3 is 13.5 Å². The number of aliphatic hydroxyl groups is 1. The van der Waals surface area contributed by atoms with E-state index in [9.17, 15) is 23.7 Å². The molecule has 0 radical (unpaired) electrons. The van der Waals surface area contributed by atoms with Crippen molar-refractivity contribution in [2.45, 2.75) is 25.2 Å². The summed E-state index contributed by atoms with van der Waals surface area (Å²) in [7, 11) is -4.73. The Kier molecular flexibility index (Phi) is 5.02. The molecular weight excluding hydrogens is 334 g/mol. The van der Waals surface area contributed by atoms with Gasteiger partial charge in [-0.3, -0.25) is 18.9 Å². The second-order valence-corrected chi connectivity index (χ2v) is 6.48. The van der Waals surface area contributed by atoms with Crippen molar-refractivity contribution in [2.75, 3.05) is 6.61 Å². The van der Waals surface area contributed by atoms with Crippen LogP contribution in [0.25, 0.3) is 0 Å². The summed E-state index contributed by atoms with van der Waals surface area (Å²) in [5, 5.41) is 9.93. The van der Waals surface area contributed by atoms with Gasteiger partial charge in [-0.2, -0.15) is 0 Å². The number of halogens is 1. The van der Waals surface area contributed by atoms with E-state index in [2.05, 4.69) is 4.52 Å². The van der Waals surface area contributed by atoms with Crippen LogP contribution in [0.5, 0.6) is 0 Å². The predicted molar refractivity (Wildman–Crippen MR) is 76.6 cm³/mol. The largest absolute Gasteiger partial charge is 0.469 e. The molecule has 0 aromatic carbocycles. The first-order chi connectivity index (χ1) is 10.6. The summed E-state index contributed by atoms with van der Waals surface area (Å²) >= 11 is 0. The number of H-pyrrole nitrogens is 1. The lowest BCUT2D eigenvalue weighted by molar-refractivity contribution is 0.000856. The van der Waals surface area contributed by atoms with Crippen LogP contribution >= 0.6 is 7.82 Å². The first-order valence-electron chi connectivity index (χ1n) is 6.63. The SMILES string of the molecule is Cc1cn([C@@H]2C=C[C@H](COP(=O)(O)O)[C@@H](O)[C@H]2F)c(=O)[nH]c1=O. The lowest BCUT2D eigenvalue weighted by Gasteiger charge is -2.32. The van der Waals surface area contributed by atoms with Gasteiger partial charge in [0.2, 0.25) is 0 Å². The Morgan fingerprint density at radius 1 is 1.39 bits per heavy atom. The smallest absolute Gasteiger partial charge is 0.389 e. The molecule has 0 saturated heterocycles. The second kappa shape index (κ2) is 6.50. The summed E-state index contributed by atoms with van der Waals surface area (Å²) in [6.45, 7) is 0.871. The maximum absolute atomic E-state index is 14.4. The van der Waals surface area contributed by atoms with Crippen molar-refractivity contribution in [3.05, 3.63) is 44.8 Å². The predicted octanol–water partition coefficient (Wildman–Crippen LogP) is -0.620. The van der Waals surface area contributed by atoms with Gasteiger partial charge in [-0.1, -0.05) is 12.2 Å². The van der Waals surface area contributed by atoms with Crippen molar-refractivity contribution in [2.24, 2.45) is 5.92 Å². The van der Waals surface area contributed by atoms with Crippen LogP contribution in [0.3, 0.4) is 0 Å². The van der Waals surface area contributed by atoms with Crippen molar-refractivity contribution in [3.8, 4) is 0 Å². The Labute approximate surface area is 129 Å². The van der Waals surface area contributed by atoms with E-state index in [0.717, 1.165) is 4.57 Å². The Morgan fingerprint density at radius 3 is 2.65 bits per heavy atom. The summed E-state index contributed by atoms with van der Waals surface area (Å²) in [6.07, 6.45) is 0.226. The molecule has 4 atom stereocenters. The molecule has 0 bridgehead atoms. The van der Waals surface area contributed by atoms with Crippen LogP contribution in [0, 0.1) is 12.8 Å². The van der Waals surface area contributed by atoms with E-state index < -0.39 is 49.9 Å². The third-order valence-electron chi connectivity index (χ3n) is 3.55. The minimum absolute atomic E-state index is 0.201. The van der Waals surface area contributed by atoms with Gasteiger partial charge in [0.1, 0.15) is 0 Å². The fraction of sp³-hybridized carbons (Fsp3) is 0.500. The standard InChI is InChI=1S/C12H16FN2O7P/c1-6-4-15(12(18)14-11(6)17)8-3-2-7(10(16)9(8)13)5-22-23(19,20)21/h2-4,7-10,16H,5H2,1H3,(H,14,17,18)(H2,19,20,21)/t7-,8-,9+,10-/m1/s1. The quantitative estimate of drug-likeness (QED) is 0.419. The van der Waals surface area contributed by atoms with Crippen LogP contribution in [-0.2, 0) is 9.09 Å². The number of allylic oxidation sites excluding steroid dienone is 1. The Morgan fingerprint density at radius 2 is 2.04 bits per heavy atom. The van der Waals surface area contributed by atoms with Crippen molar-refractivity contribution >= 4 is 7.82 Å². The number of aromatic nitrogens is 2. The van der Waals surface area contributed by atoms with Crippen LogP contribution in [0.4, 0.5) is 4.39 Å². The van der Waals surface area contributed by atoms with Crippen LogP contribution in [0.15, 0.2) is 27.9 Å². The number of aryl methyl sites for hydroxylation is 1. The van der Waals surface area contributed by atoms with Gasteiger partial charge < -0.3 is 14.9 Å². The molecule has 1 aromatic rings. The number of nitrogens with one attached hydrogen (secondary N) is 1. The maximum atomic E-state index is 14.4. The molecular formula is C12H16FN2O7P. The van der Waals surface area contributed by atoms with Crippen LogP contribution in [0.1, 0.15) is 11.6 Å². The van der Waals surface area contributed by atoms with Gasteiger partial charge in [-0.05, 0) is 6.92 Å².